The predicted octanol–water partition coefficient (Wildman–Crippen LogP) is 3.59. The molecule has 0 saturated heterocycles. The first-order chi connectivity index (χ1) is 9.63. The van der Waals surface area contributed by atoms with Crippen LogP contribution in [0.4, 0.5) is 5.69 Å². The standard InChI is InChI=1S/C15H13BrN4/c1-10-5-6-18-14(7-10)20-9-13(17)15(19-20)11-3-2-4-12(16)8-11/h2-9H,17H2,1H3. The number of pyridine rings is 1. The highest BCUT2D eigenvalue weighted by atomic mass is 79.9. The first-order valence-electron chi connectivity index (χ1n) is 6.17. The number of benzene rings is 1. The lowest BCUT2D eigenvalue weighted by atomic mass is 10.1. The second kappa shape index (κ2) is 5.09. The summed E-state index contributed by atoms with van der Waals surface area (Å²) < 4.78 is 2.70. The molecule has 0 atom stereocenters. The largest absolute Gasteiger partial charge is 0.396 e. The SMILES string of the molecule is Cc1ccnc(-n2cc(N)c(-c3cccc(Br)c3)n2)c1. The van der Waals surface area contributed by atoms with Gasteiger partial charge >= 0.3 is 0 Å². The van der Waals surface area contributed by atoms with Crippen LogP contribution in [0.2, 0.25) is 0 Å². The molecule has 0 amide bonds. The molecule has 2 aromatic heterocycles. The molecule has 0 radical (unpaired) electrons. The van der Waals surface area contributed by atoms with Gasteiger partial charge in [0.1, 0.15) is 5.69 Å². The molecule has 2 N–H and O–H groups in total. The summed E-state index contributed by atoms with van der Waals surface area (Å²) in [5, 5.41) is 4.54. The van der Waals surface area contributed by atoms with Gasteiger partial charge in [-0.25, -0.2) is 9.67 Å². The van der Waals surface area contributed by atoms with Crippen molar-refractivity contribution in [1.29, 1.82) is 0 Å². The van der Waals surface area contributed by atoms with E-state index in [1.54, 1.807) is 17.1 Å². The van der Waals surface area contributed by atoms with Gasteiger partial charge < -0.3 is 5.73 Å². The summed E-state index contributed by atoms with van der Waals surface area (Å²) in [4.78, 5) is 4.31. The molecule has 4 nitrogen and oxygen atoms in total. The van der Waals surface area contributed by atoms with E-state index in [0.717, 1.165) is 27.1 Å². The average Bonchev–Trinajstić information content (AvgIpc) is 2.81. The summed E-state index contributed by atoms with van der Waals surface area (Å²) in [6, 6.07) is 11.8. The number of aromatic nitrogens is 3. The Balaban J connectivity index is 2.08. The highest BCUT2D eigenvalue weighted by Gasteiger charge is 2.10. The maximum absolute atomic E-state index is 6.07. The van der Waals surface area contributed by atoms with Gasteiger partial charge in [0.2, 0.25) is 0 Å². The minimum Gasteiger partial charge on any atom is -0.396 e. The molecule has 0 aliphatic carbocycles. The molecule has 0 aliphatic rings. The first-order valence-corrected chi connectivity index (χ1v) is 6.97. The third-order valence-corrected chi connectivity index (χ3v) is 3.47. The van der Waals surface area contributed by atoms with Crippen LogP contribution in [0.1, 0.15) is 5.56 Å². The zero-order chi connectivity index (χ0) is 14.1. The number of aryl methyl sites for hydroxylation is 1. The van der Waals surface area contributed by atoms with Crippen LogP contribution in [0.3, 0.4) is 0 Å². The maximum Gasteiger partial charge on any atom is 0.153 e. The molecule has 0 bridgehead atoms. The van der Waals surface area contributed by atoms with Crippen LogP contribution in [0, 0.1) is 6.92 Å². The Morgan fingerprint density at radius 1 is 1.20 bits per heavy atom. The van der Waals surface area contributed by atoms with Crippen molar-refractivity contribution >= 4 is 21.6 Å². The fraction of sp³-hybridized carbons (Fsp3) is 0.0667. The normalized spacial score (nSPS) is 10.7. The molecule has 0 saturated carbocycles. The zero-order valence-electron chi connectivity index (χ0n) is 10.9. The Labute approximate surface area is 125 Å². The van der Waals surface area contributed by atoms with E-state index in [0.29, 0.717) is 5.69 Å². The number of rotatable bonds is 2. The van der Waals surface area contributed by atoms with Crippen molar-refractivity contribution in [3.63, 3.8) is 0 Å². The summed E-state index contributed by atoms with van der Waals surface area (Å²) >= 11 is 3.46. The Bertz CT molecular complexity index is 764. The molecule has 0 spiro atoms. The second-order valence-electron chi connectivity index (χ2n) is 4.58. The van der Waals surface area contributed by atoms with Crippen molar-refractivity contribution in [1.82, 2.24) is 14.8 Å². The fourth-order valence-corrected chi connectivity index (χ4v) is 2.41. The molecule has 3 rings (SSSR count). The summed E-state index contributed by atoms with van der Waals surface area (Å²) in [6.07, 6.45) is 3.55. The molecule has 0 aliphatic heterocycles. The second-order valence-corrected chi connectivity index (χ2v) is 5.50. The van der Waals surface area contributed by atoms with Crippen LogP contribution in [0.5, 0.6) is 0 Å². The molecule has 0 unspecified atom stereocenters. The smallest absolute Gasteiger partial charge is 0.153 e. The van der Waals surface area contributed by atoms with Crippen LogP contribution in [-0.4, -0.2) is 14.8 Å². The monoisotopic (exact) mass is 328 g/mol. The van der Waals surface area contributed by atoms with Crippen molar-refractivity contribution < 1.29 is 0 Å². The van der Waals surface area contributed by atoms with Crippen LogP contribution in [0.15, 0.2) is 53.3 Å². The van der Waals surface area contributed by atoms with E-state index in [2.05, 4.69) is 26.0 Å². The van der Waals surface area contributed by atoms with Crippen molar-refractivity contribution in [3.8, 4) is 17.1 Å². The van der Waals surface area contributed by atoms with Gasteiger partial charge in [0, 0.05) is 16.2 Å². The Morgan fingerprint density at radius 3 is 2.80 bits per heavy atom. The topological polar surface area (TPSA) is 56.7 Å². The van der Waals surface area contributed by atoms with Crippen LogP contribution in [0.25, 0.3) is 17.1 Å². The van der Waals surface area contributed by atoms with Crippen LogP contribution < -0.4 is 5.73 Å². The summed E-state index contributed by atoms with van der Waals surface area (Å²) in [7, 11) is 0. The van der Waals surface area contributed by atoms with Crippen molar-refractivity contribution in [2.75, 3.05) is 5.73 Å². The van der Waals surface area contributed by atoms with Gasteiger partial charge in [0.05, 0.1) is 11.9 Å². The number of hydrogen-bond acceptors (Lipinski definition) is 3. The van der Waals surface area contributed by atoms with Gasteiger partial charge in [0.25, 0.3) is 0 Å². The molecular weight excluding hydrogens is 316 g/mol. The predicted molar refractivity (Wildman–Crippen MR) is 83.6 cm³/mol. The maximum atomic E-state index is 6.07. The van der Waals surface area contributed by atoms with Gasteiger partial charge in [-0.3, -0.25) is 0 Å². The van der Waals surface area contributed by atoms with E-state index >= 15 is 0 Å². The minimum absolute atomic E-state index is 0.631. The quantitative estimate of drug-likeness (QED) is 0.782. The van der Waals surface area contributed by atoms with E-state index in [-0.39, 0.29) is 0 Å². The van der Waals surface area contributed by atoms with Crippen molar-refractivity contribution in [2.24, 2.45) is 0 Å². The van der Waals surface area contributed by atoms with E-state index in [1.807, 2.05) is 43.3 Å². The third kappa shape index (κ3) is 2.44. The van der Waals surface area contributed by atoms with Crippen molar-refractivity contribution in [2.45, 2.75) is 6.92 Å². The Hall–Kier alpha value is -2.14. The summed E-state index contributed by atoms with van der Waals surface area (Å²) in [6.45, 7) is 2.02. The lowest BCUT2D eigenvalue weighted by molar-refractivity contribution is 0.848. The van der Waals surface area contributed by atoms with Gasteiger partial charge in [-0.2, -0.15) is 5.10 Å². The number of anilines is 1. The molecule has 20 heavy (non-hydrogen) atoms. The number of nitrogen functional groups attached to an aromatic ring is 1. The molecule has 0 fully saturated rings. The number of hydrogen-bond donors (Lipinski definition) is 1. The molecule has 1 aromatic carbocycles. The van der Waals surface area contributed by atoms with E-state index < -0.39 is 0 Å². The van der Waals surface area contributed by atoms with Crippen molar-refractivity contribution in [3.05, 3.63) is 58.8 Å². The Kier molecular flexibility index (Phi) is 3.28. The number of halogens is 1. The molecule has 100 valence electrons. The minimum atomic E-state index is 0.631. The highest BCUT2D eigenvalue weighted by molar-refractivity contribution is 9.10. The van der Waals surface area contributed by atoms with Gasteiger partial charge in [-0.05, 0) is 36.8 Å². The summed E-state index contributed by atoms with van der Waals surface area (Å²) in [5.41, 5.74) is 9.57. The third-order valence-electron chi connectivity index (χ3n) is 2.98. The van der Waals surface area contributed by atoms with E-state index in [4.69, 9.17) is 5.73 Å². The fourth-order valence-electron chi connectivity index (χ4n) is 2.01. The number of nitrogens with two attached hydrogens (primary N) is 1. The average molecular weight is 329 g/mol. The van der Waals surface area contributed by atoms with Gasteiger partial charge in [-0.1, -0.05) is 28.1 Å². The number of nitrogens with zero attached hydrogens (tertiary/aromatic N) is 3. The van der Waals surface area contributed by atoms with Crippen LogP contribution in [-0.2, 0) is 0 Å². The van der Waals surface area contributed by atoms with E-state index in [9.17, 15) is 0 Å². The Morgan fingerprint density at radius 2 is 2.05 bits per heavy atom. The lowest BCUT2D eigenvalue weighted by Crippen LogP contribution is -1.98. The van der Waals surface area contributed by atoms with Crippen LogP contribution >= 0.6 is 15.9 Å². The molecular formula is C15H13BrN4. The van der Waals surface area contributed by atoms with Gasteiger partial charge in [-0.15, -0.1) is 0 Å². The molecule has 3 aromatic rings. The molecule has 5 heteroatoms. The first kappa shape index (κ1) is 12.9. The zero-order valence-corrected chi connectivity index (χ0v) is 12.5. The van der Waals surface area contributed by atoms with Gasteiger partial charge in [0.15, 0.2) is 5.82 Å². The van der Waals surface area contributed by atoms with E-state index in [1.165, 1.54) is 0 Å². The highest BCUT2D eigenvalue weighted by Crippen LogP contribution is 2.27. The summed E-state index contributed by atoms with van der Waals surface area (Å²) in [5.74, 6) is 0.762. The molecule has 2 heterocycles. The lowest BCUT2D eigenvalue weighted by Gasteiger charge is -2.01.